The zero-order valence-corrected chi connectivity index (χ0v) is 14.0. The number of hydrogen-bond donors (Lipinski definition) is 0. The van der Waals surface area contributed by atoms with E-state index in [2.05, 4.69) is 0 Å². The first kappa shape index (κ1) is 15.6. The highest BCUT2D eigenvalue weighted by Crippen LogP contribution is 2.48. The lowest BCUT2D eigenvalue weighted by molar-refractivity contribution is 1.47. The third-order valence-electron chi connectivity index (χ3n) is 2.67. The molecule has 0 fully saturated rings. The minimum atomic E-state index is 0.139. The van der Waals surface area contributed by atoms with E-state index in [1.807, 2.05) is 19.1 Å². The highest BCUT2D eigenvalue weighted by Gasteiger charge is 2.20. The van der Waals surface area contributed by atoms with Crippen molar-refractivity contribution in [3.8, 4) is 11.1 Å². The molecule has 0 amide bonds. The summed E-state index contributed by atoms with van der Waals surface area (Å²) < 4.78 is 0. The van der Waals surface area contributed by atoms with Crippen LogP contribution in [0.5, 0.6) is 0 Å². The van der Waals surface area contributed by atoms with E-state index >= 15 is 0 Å². The van der Waals surface area contributed by atoms with Gasteiger partial charge in [-0.15, -0.1) is 0 Å². The molecule has 0 saturated heterocycles. The molecule has 0 radical (unpaired) electrons. The Hall–Kier alpha value is 0.180. The van der Waals surface area contributed by atoms with Gasteiger partial charge in [0.1, 0.15) is 0 Å². The van der Waals surface area contributed by atoms with E-state index in [1.165, 1.54) is 0 Å². The fourth-order valence-electron chi connectivity index (χ4n) is 1.61. The van der Waals surface area contributed by atoms with Gasteiger partial charge >= 0.3 is 0 Å². The van der Waals surface area contributed by atoms with Crippen LogP contribution in [0.25, 0.3) is 11.1 Å². The summed E-state index contributed by atoms with van der Waals surface area (Å²) in [5, 5.41) is 1.59. The molecule has 19 heavy (non-hydrogen) atoms. The smallest absolute Gasteiger partial charge is 0.0809 e. The van der Waals surface area contributed by atoms with Crippen molar-refractivity contribution in [3.63, 3.8) is 0 Å². The van der Waals surface area contributed by atoms with E-state index in [1.54, 1.807) is 6.07 Å². The Kier molecular flexibility index (Phi) is 4.83. The maximum atomic E-state index is 6.20. The number of benzene rings is 2. The highest BCUT2D eigenvalue weighted by molar-refractivity contribution is 6.56. The second-order valence-electron chi connectivity index (χ2n) is 3.91. The van der Waals surface area contributed by atoms with Gasteiger partial charge in [0.25, 0.3) is 0 Å². The summed E-state index contributed by atoms with van der Waals surface area (Å²) in [7, 11) is 0. The third-order valence-corrected chi connectivity index (χ3v) is 5.35. The Bertz CT molecular complexity index is 634. The van der Waals surface area contributed by atoms with E-state index in [4.69, 9.17) is 69.6 Å². The molecule has 0 aromatic heterocycles. The molecule has 0 N–H and O–H groups in total. The largest absolute Gasteiger partial charge is 0.0840 e. The molecule has 0 unspecified atom stereocenters. The number of halogens is 6. The van der Waals surface area contributed by atoms with E-state index < -0.39 is 0 Å². The third kappa shape index (κ3) is 2.81. The molecule has 0 atom stereocenters. The molecule has 0 spiro atoms. The van der Waals surface area contributed by atoms with Crippen molar-refractivity contribution in [2.75, 3.05) is 0 Å². The number of hydrogen-bond acceptors (Lipinski definition) is 0. The van der Waals surface area contributed by atoms with E-state index in [0.29, 0.717) is 10.6 Å². The molecular weight excluding hydrogens is 369 g/mol. The number of rotatable bonds is 1. The average molecular weight is 375 g/mol. The monoisotopic (exact) mass is 372 g/mol. The van der Waals surface area contributed by atoms with Crippen LogP contribution in [0.3, 0.4) is 0 Å². The van der Waals surface area contributed by atoms with Gasteiger partial charge in [-0.2, -0.15) is 0 Å². The zero-order chi connectivity index (χ0) is 14.3. The minimum absolute atomic E-state index is 0.139. The van der Waals surface area contributed by atoms with Crippen LogP contribution in [0.2, 0.25) is 30.1 Å². The van der Waals surface area contributed by atoms with E-state index in [0.717, 1.165) is 11.1 Å². The standard InChI is InChI=1S/C13H6Cl6/c1-5-2-3-6(4-7(5)14)8-9(15)11(17)13(19)12(18)10(8)16/h2-4H,1H3. The predicted molar refractivity (Wildman–Crippen MR) is 86.7 cm³/mol. The van der Waals surface area contributed by atoms with Crippen molar-refractivity contribution in [1.82, 2.24) is 0 Å². The number of aryl methyl sites for hydroxylation is 1. The first-order chi connectivity index (χ1) is 8.84. The molecule has 100 valence electrons. The minimum Gasteiger partial charge on any atom is -0.0840 e. The van der Waals surface area contributed by atoms with Crippen LogP contribution in [0.1, 0.15) is 5.56 Å². The van der Waals surface area contributed by atoms with Crippen molar-refractivity contribution in [2.45, 2.75) is 6.92 Å². The molecule has 0 nitrogen and oxygen atoms in total. The molecule has 2 aromatic carbocycles. The molecule has 6 heteroatoms. The Morgan fingerprint density at radius 1 is 0.684 bits per heavy atom. The molecule has 0 saturated carbocycles. The van der Waals surface area contributed by atoms with Gasteiger partial charge in [-0.1, -0.05) is 81.7 Å². The van der Waals surface area contributed by atoms with Crippen molar-refractivity contribution in [3.05, 3.63) is 53.9 Å². The predicted octanol–water partition coefficient (Wildman–Crippen LogP) is 7.58. The van der Waals surface area contributed by atoms with Gasteiger partial charge in [0.15, 0.2) is 0 Å². The first-order valence-corrected chi connectivity index (χ1v) is 7.39. The maximum absolute atomic E-state index is 6.20. The highest BCUT2D eigenvalue weighted by atomic mass is 35.5. The maximum Gasteiger partial charge on any atom is 0.0809 e. The Balaban J connectivity index is 2.79. The molecule has 0 bridgehead atoms. The normalized spacial score (nSPS) is 10.9. The molecule has 0 aliphatic heterocycles. The molecular formula is C13H6Cl6. The Morgan fingerprint density at radius 3 is 1.63 bits per heavy atom. The summed E-state index contributed by atoms with van der Waals surface area (Å²) in [6.07, 6.45) is 0. The van der Waals surface area contributed by atoms with E-state index in [9.17, 15) is 0 Å². The fraction of sp³-hybridized carbons (Fsp3) is 0.0769. The van der Waals surface area contributed by atoms with Crippen molar-refractivity contribution >= 4 is 69.6 Å². The van der Waals surface area contributed by atoms with Gasteiger partial charge in [-0.05, 0) is 24.1 Å². The molecule has 2 aromatic rings. The van der Waals surface area contributed by atoms with Gasteiger partial charge in [0.2, 0.25) is 0 Å². The quantitative estimate of drug-likeness (QED) is 0.356. The van der Waals surface area contributed by atoms with Gasteiger partial charge in [0.05, 0.1) is 25.1 Å². The van der Waals surface area contributed by atoms with Crippen molar-refractivity contribution in [1.29, 1.82) is 0 Å². The Labute approximate surface area is 141 Å². The van der Waals surface area contributed by atoms with Gasteiger partial charge in [-0.25, -0.2) is 0 Å². The first-order valence-electron chi connectivity index (χ1n) is 5.12. The zero-order valence-electron chi connectivity index (χ0n) is 9.50. The lowest BCUT2D eigenvalue weighted by Gasteiger charge is -2.13. The summed E-state index contributed by atoms with van der Waals surface area (Å²) >= 11 is 36.5. The van der Waals surface area contributed by atoms with Crippen LogP contribution in [0.15, 0.2) is 18.2 Å². The van der Waals surface area contributed by atoms with E-state index in [-0.39, 0.29) is 25.1 Å². The fourth-order valence-corrected chi connectivity index (χ4v) is 3.14. The second kappa shape index (κ2) is 5.89. The van der Waals surface area contributed by atoms with Crippen LogP contribution < -0.4 is 0 Å². The van der Waals surface area contributed by atoms with Gasteiger partial charge in [0, 0.05) is 10.6 Å². The SMILES string of the molecule is Cc1ccc(-c2c(Cl)c(Cl)c(Cl)c(Cl)c2Cl)cc1Cl. The van der Waals surface area contributed by atoms with Crippen LogP contribution >= 0.6 is 69.6 Å². The summed E-state index contributed by atoms with van der Waals surface area (Å²) in [6.45, 7) is 1.90. The Morgan fingerprint density at radius 2 is 1.16 bits per heavy atom. The van der Waals surface area contributed by atoms with Crippen LogP contribution in [0.4, 0.5) is 0 Å². The molecule has 2 rings (SSSR count). The second-order valence-corrected chi connectivity index (χ2v) is 6.21. The van der Waals surface area contributed by atoms with Gasteiger partial charge in [-0.3, -0.25) is 0 Å². The summed E-state index contributed by atoms with van der Waals surface area (Å²) in [5.74, 6) is 0. The van der Waals surface area contributed by atoms with Crippen LogP contribution in [-0.4, -0.2) is 0 Å². The lowest BCUT2D eigenvalue weighted by Crippen LogP contribution is -1.87. The molecule has 0 aliphatic carbocycles. The van der Waals surface area contributed by atoms with Crippen LogP contribution in [0, 0.1) is 6.92 Å². The summed E-state index contributed by atoms with van der Waals surface area (Å²) in [4.78, 5) is 0. The average Bonchev–Trinajstić information content (AvgIpc) is 2.38. The molecule has 0 heterocycles. The lowest BCUT2D eigenvalue weighted by atomic mass is 10.0. The topological polar surface area (TPSA) is 0 Å². The van der Waals surface area contributed by atoms with Crippen LogP contribution in [-0.2, 0) is 0 Å². The summed E-state index contributed by atoms with van der Waals surface area (Å²) in [5.41, 5.74) is 2.19. The van der Waals surface area contributed by atoms with Gasteiger partial charge < -0.3 is 0 Å². The summed E-state index contributed by atoms with van der Waals surface area (Å²) in [6, 6.07) is 5.46. The van der Waals surface area contributed by atoms with Crippen molar-refractivity contribution in [2.24, 2.45) is 0 Å². The van der Waals surface area contributed by atoms with Crippen molar-refractivity contribution < 1.29 is 0 Å². The molecule has 0 aliphatic rings.